The number of rotatable bonds is 7. The van der Waals surface area contributed by atoms with Crippen LogP contribution in [0.5, 0.6) is 0 Å². The van der Waals surface area contributed by atoms with Crippen molar-refractivity contribution in [1.29, 1.82) is 0 Å². The first-order valence-corrected chi connectivity index (χ1v) is 7.36. The summed E-state index contributed by atoms with van der Waals surface area (Å²) in [7, 11) is 0. The predicted octanol–water partition coefficient (Wildman–Crippen LogP) is 2.83. The Kier molecular flexibility index (Phi) is 5.49. The van der Waals surface area contributed by atoms with Crippen molar-refractivity contribution in [3.63, 3.8) is 0 Å². The first-order chi connectivity index (χ1) is 9.77. The molecule has 0 fully saturated rings. The van der Waals surface area contributed by atoms with Gasteiger partial charge in [-0.05, 0) is 31.0 Å². The molecule has 0 saturated heterocycles. The number of aryl methyl sites for hydroxylation is 1. The topological polar surface area (TPSA) is 55.6 Å². The maximum absolute atomic E-state index is 6.34. The summed E-state index contributed by atoms with van der Waals surface area (Å²) in [6.07, 6.45) is 7.24. The monoisotopic (exact) mass is 293 g/mol. The molecule has 20 heavy (non-hydrogen) atoms. The Bertz CT molecular complexity index is 526. The molecule has 1 N–H and O–H groups in total. The molecule has 6 heteroatoms. The summed E-state index contributed by atoms with van der Waals surface area (Å²) < 4.78 is 1.97. The molecule has 2 aromatic heterocycles. The number of nitrogens with one attached hydrogen (secondary N) is 1. The van der Waals surface area contributed by atoms with Gasteiger partial charge in [0.15, 0.2) is 0 Å². The zero-order valence-corrected chi connectivity index (χ0v) is 12.6. The number of hydrogen-bond donors (Lipinski definition) is 1. The molecule has 5 nitrogen and oxygen atoms in total. The average Bonchev–Trinajstić information content (AvgIpc) is 2.83. The van der Waals surface area contributed by atoms with Gasteiger partial charge in [-0.2, -0.15) is 15.3 Å². The standard InChI is InChI=1S/C14H20ClN5/c1-3-6-16-13(11-5-7-17-18-9-11)14-12(15)10-19-20(14)8-4-2/h5,7,9-10,13,16H,3-4,6,8H2,1-2H3. The highest BCUT2D eigenvalue weighted by Crippen LogP contribution is 2.28. The lowest BCUT2D eigenvalue weighted by Crippen LogP contribution is -2.26. The van der Waals surface area contributed by atoms with Crippen molar-refractivity contribution in [2.75, 3.05) is 6.54 Å². The molecule has 0 spiro atoms. The number of aromatic nitrogens is 4. The van der Waals surface area contributed by atoms with E-state index in [1.54, 1.807) is 18.6 Å². The third-order valence-electron chi connectivity index (χ3n) is 3.08. The van der Waals surface area contributed by atoms with Crippen molar-refractivity contribution < 1.29 is 0 Å². The lowest BCUT2D eigenvalue weighted by Gasteiger charge is -2.20. The van der Waals surface area contributed by atoms with Gasteiger partial charge in [-0.3, -0.25) is 4.68 Å². The van der Waals surface area contributed by atoms with Crippen molar-refractivity contribution in [1.82, 2.24) is 25.3 Å². The number of halogens is 1. The van der Waals surface area contributed by atoms with Gasteiger partial charge >= 0.3 is 0 Å². The van der Waals surface area contributed by atoms with Gasteiger partial charge in [0.2, 0.25) is 0 Å². The Morgan fingerprint density at radius 1 is 1.25 bits per heavy atom. The van der Waals surface area contributed by atoms with E-state index in [0.29, 0.717) is 5.02 Å². The summed E-state index contributed by atoms with van der Waals surface area (Å²) in [6.45, 7) is 6.02. The van der Waals surface area contributed by atoms with Crippen molar-refractivity contribution in [2.45, 2.75) is 39.3 Å². The SMILES string of the molecule is CCCNC(c1ccnnc1)c1c(Cl)cnn1CCC. The maximum atomic E-state index is 6.34. The summed E-state index contributed by atoms with van der Waals surface area (Å²) in [5.74, 6) is 0. The molecule has 0 aliphatic carbocycles. The van der Waals surface area contributed by atoms with E-state index in [2.05, 4.69) is 34.5 Å². The lowest BCUT2D eigenvalue weighted by molar-refractivity contribution is 0.510. The molecule has 2 aromatic rings. The van der Waals surface area contributed by atoms with Crippen LogP contribution in [0, 0.1) is 0 Å². The van der Waals surface area contributed by atoms with Crippen LogP contribution in [0.4, 0.5) is 0 Å². The average molecular weight is 294 g/mol. The van der Waals surface area contributed by atoms with Crippen LogP contribution in [-0.2, 0) is 6.54 Å². The molecule has 1 unspecified atom stereocenters. The van der Waals surface area contributed by atoms with Crippen molar-refractivity contribution in [3.05, 3.63) is 40.9 Å². The third kappa shape index (κ3) is 3.35. The van der Waals surface area contributed by atoms with E-state index in [9.17, 15) is 0 Å². The summed E-state index contributed by atoms with van der Waals surface area (Å²) in [5.41, 5.74) is 2.04. The summed E-state index contributed by atoms with van der Waals surface area (Å²) in [6, 6.07) is 1.95. The molecule has 0 aliphatic rings. The smallest absolute Gasteiger partial charge is 0.0837 e. The Balaban J connectivity index is 2.38. The first-order valence-electron chi connectivity index (χ1n) is 6.99. The molecule has 2 heterocycles. The van der Waals surface area contributed by atoms with Gasteiger partial charge in [0.1, 0.15) is 0 Å². The van der Waals surface area contributed by atoms with Gasteiger partial charge in [0.25, 0.3) is 0 Å². The van der Waals surface area contributed by atoms with Crippen LogP contribution in [0.25, 0.3) is 0 Å². The second kappa shape index (κ2) is 7.36. The molecule has 108 valence electrons. The van der Waals surface area contributed by atoms with Crippen LogP contribution >= 0.6 is 11.6 Å². The van der Waals surface area contributed by atoms with E-state index in [4.69, 9.17) is 11.6 Å². The Labute approximate surface area is 124 Å². The minimum Gasteiger partial charge on any atom is -0.305 e. The van der Waals surface area contributed by atoms with Gasteiger partial charge in [-0.1, -0.05) is 25.4 Å². The first kappa shape index (κ1) is 14.9. The maximum Gasteiger partial charge on any atom is 0.0837 e. The van der Waals surface area contributed by atoms with Gasteiger partial charge in [-0.25, -0.2) is 0 Å². The predicted molar refractivity (Wildman–Crippen MR) is 79.7 cm³/mol. The third-order valence-corrected chi connectivity index (χ3v) is 3.37. The fraction of sp³-hybridized carbons (Fsp3) is 0.500. The van der Waals surface area contributed by atoms with Gasteiger partial charge in [0.05, 0.1) is 29.2 Å². The van der Waals surface area contributed by atoms with Gasteiger partial charge in [-0.15, -0.1) is 0 Å². The molecule has 1 atom stereocenters. The van der Waals surface area contributed by atoms with Crippen LogP contribution in [0.1, 0.15) is 44.0 Å². The quantitative estimate of drug-likeness (QED) is 0.853. The van der Waals surface area contributed by atoms with E-state index in [1.165, 1.54) is 0 Å². The van der Waals surface area contributed by atoms with E-state index in [1.807, 2.05) is 10.7 Å². The number of nitrogens with zero attached hydrogens (tertiary/aromatic N) is 4. The molecule has 0 saturated carbocycles. The van der Waals surface area contributed by atoms with Crippen LogP contribution in [-0.4, -0.2) is 26.5 Å². The van der Waals surface area contributed by atoms with E-state index < -0.39 is 0 Å². The van der Waals surface area contributed by atoms with Gasteiger partial charge < -0.3 is 5.32 Å². The molecule has 0 aliphatic heterocycles. The number of hydrogen-bond acceptors (Lipinski definition) is 4. The Morgan fingerprint density at radius 2 is 2.10 bits per heavy atom. The molecule has 0 radical (unpaired) electrons. The van der Waals surface area contributed by atoms with Crippen molar-refractivity contribution in [3.8, 4) is 0 Å². The molecule has 0 aromatic carbocycles. The molecular weight excluding hydrogens is 274 g/mol. The van der Waals surface area contributed by atoms with E-state index in [0.717, 1.165) is 37.2 Å². The minimum absolute atomic E-state index is 0.00741. The highest BCUT2D eigenvalue weighted by molar-refractivity contribution is 6.31. The van der Waals surface area contributed by atoms with Crippen LogP contribution < -0.4 is 5.32 Å². The highest BCUT2D eigenvalue weighted by Gasteiger charge is 2.21. The Morgan fingerprint density at radius 3 is 2.75 bits per heavy atom. The normalized spacial score (nSPS) is 12.6. The fourth-order valence-electron chi connectivity index (χ4n) is 2.18. The summed E-state index contributed by atoms with van der Waals surface area (Å²) in [4.78, 5) is 0. The largest absolute Gasteiger partial charge is 0.305 e. The van der Waals surface area contributed by atoms with Crippen molar-refractivity contribution in [2.24, 2.45) is 0 Å². The fourth-order valence-corrected chi connectivity index (χ4v) is 2.43. The van der Waals surface area contributed by atoms with Crippen LogP contribution in [0.15, 0.2) is 24.7 Å². The lowest BCUT2D eigenvalue weighted by atomic mass is 10.1. The molecule has 2 rings (SSSR count). The summed E-state index contributed by atoms with van der Waals surface area (Å²) in [5, 5.41) is 16.4. The van der Waals surface area contributed by atoms with Crippen LogP contribution in [0.3, 0.4) is 0 Å². The van der Waals surface area contributed by atoms with Crippen molar-refractivity contribution >= 4 is 11.6 Å². The van der Waals surface area contributed by atoms with Crippen LogP contribution in [0.2, 0.25) is 5.02 Å². The highest BCUT2D eigenvalue weighted by atomic mass is 35.5. The minimum atomic E-state index is -0.00741. The summed E-state index contributed by atoms with van der Waals surface area (Å²) >= 11 is 6.34. The zero-order valence-electron chi connectivity index (χ0n) is 11.9. The van der Waals surface area contributed by atoms with E-state index >= 15 is 0 Å². The van der Waals surface area contributed by atoms with E-state index in [-0.39, 0.29) is 6.04 Å². The second-order valence-electron chi connectivity index (χ2n) is 4.66. The molecule has 0 bridgehead atoms. The Hall–Kier alpha value is -1.46. The molecule has 0 amide bonds. The molecular formula is C14H20ClN5. The second-order valence-corrected chi connectivity index (χ2v) is 5.07. The van der Waals surface area contributed by atoms with Gasteiger partial charge in [0, 0.05) is 12.7 Å². The zero-order chi connectivity index (χ0) is 14.4.